The van der Waals surface area contributed by atoms with Crippen LogP contribution in [0.5, 0.6) is 11.5 Å². The van der Waals surface area contributed by atoms with Gasteiger partial charge in [0.05, 0.1) is 13.2 Å². The average Bonchev–Trinajstić information content (AvgIpc) is 2.63. The molecule has 0 saturated heterocycles. The smallest absolute Gasteiger partial charge is 0.419 e. The molecule has 0 aromatic heterocycles. The zero-order valence-corrected chi connectivity index (χ0v) is 13.9. The van der Waals surface area contributed by atoms with Crippen LogP contribution in [-0.4, -0.2) is 29.9 Å². The number of amides is 1. The van der Waals surface area contributed by atoms with E-state index in [0.717, 1.165) is 11.3 Å². The Morgan fingerprint density at radius 2 is 1.80 bits per heavy atom. The molecule has 0 radical (unpaired) electrons. The van der Waals surface area contributed by atoms with Gasteiger partial charge >= 0.3 is 6.09 Å². The normalized spacial score (nSPS) is 16.6. The van der Waals surface area contributed by atoms with Crippen LogP contribution in [0.4, 0.5) is 4.79 Å². The van der Waals surface area contributed by atoms with E-state index in [9.17, 15) is 9.59 Å². The first-order chi connectivity index (χ1) is 12.2. The molecule has 25 heavy (non-hydrogen) atoms. The molecule has 0 aliphatic carbocycles. The zero-order chi connectivity index (χ0) is 17.6. The van der Waals surface area contributed by atoms with Gasteiger partial charge in [-0.25, -0.2) is 4.79 Å². The van der Waals surface area contributed by atoms with Gasteiger partial charge in [0, 0.05) is 12.6 Å². The van der Waals surface area contributed by atoms with E-state index in [1.54, 1.807) is 31.4 Å². The molecule has 0 fully saturated rings. The summed E-state index contributed by atoms with van der Waals surface area (Å²) in [6.45, 7) is 0. The number of methoxy groups -OCH3 is 1. The second-order valence-electron chi connectivity index (χ2n) is 5.78. The highest BCUT2D eigenvalue weighted by molar-refractivity contribution is 5.92. The van der Waals surface area contributed by atoms with Gasteiger partial charge in [-0.1, -0.05) is 30.3 Å². The lowest BCUT2D eigenvalue weighted by Gasteiger charge is -2.30. The first-order valence-electron chi connectivity index (χ1n) is 8.05. The molecule has 1 aliphatic heterocycles. The molecule has 0 spiro atoms. The van der Waals surface area contributed by atoms with Crippen molar-refractivity contribution in [2.24, 2.45) is 0 Å². The standard InChI is InChI=1S/C20H19NO4/c1-24-18-9-7-15(8-10-18)13-16-14-17(22)11-12-21(16)20(23)25-19-5-3-2-4-6-19/h2-12,16H,13-14H2,1H3/t16-/m0/s1. The van der Waals surface area contributed by atoms with E-state index in [4.69, 9.17) is 9.47 Å². The molecule has 1 heterocycles. The second-order valence-corrected chi connectivity index (χ2v) is 5.78. The van der Waals surface area contributed by atoms with E-state index in [-0.39, 0.29) is 18.2 Å². The number of hydrogen-bond acceptors (Lipinski definition) is 4. The summed E-state index contributed by atoms with van der Waals surface area (Å²) in [6, 6.07) is 16.2. The first-order valence-corrected chi connectivity index (χ1v) is 8.05. The maximum absolute atomic E-state index is 12.5. The fourth-order valence-corrected chi connectivity index (χ4v) is 2.74. The molecular weight excluding hydrogens is 318 g/mol. The topological polar surface area (TPSA) is 55.8 Å². The van der Waals surface area contributed by atoms with Crippen LogP contribution in [0.25, 0.3) is 0 Å². The number of para-hydroxylation sites is 1. The van der Waals surface area contributed by atoms with Crippen molar-refractivity contribution in [3.05, 3.63) is 72.4 Å². The summed E-state index contributed by atoms with van der Waals surface area (Å²) in [6.07, 6.45) is 3.26. The first kappa shape index (κ1) is 16.8. The minimum atomic E-state index is -0.492. The van der Waals surface area contributed by atoms with Gasteiger partial charge in [0.15, 0.2) is 5.78 Å². The number of nitrogens with zero attached hydrogens (tertiary/aromatic N) is 1. The highest BCUT2D eigenvalue weighted by Gasteiger charge is 2.28. The Bertz CT molecular complexity index is 768. The molecule has 0 saturated carbocycles. The molecular formula is C20H19NO4. The summed E-state index contributed by atoms with van der Waals surface area (Å²) in [5.41, 5.74) is 1.02. The van der Waals surface area contributed by atoms with E-state index < -0.39 is 6.09 Å². The number of ketones is 1. The van der Waals surface area contributed by atoms with Crippen LogP contribution in [0, 0.1) is 0 Å². The van der Waals surface area contributed by atoms with Crippen molar-refractivity contribution in [3.8, 4) is 11.5 Å². The van der Waals surface area contributed by atoms with Gasteiger partial charge in [0.1, 0.15) is 11.5 Å². The van der Waals surface area contributed by atoms with Gasteiger partial charge in [0.25, 0.3) is 0 Å². The fourth-order valence-electron chi connectivity index (χ4n) is 2.74. The Morgan fingerprint density at radius 1 is 1.08 bits per heavy atom. The molecule has 0 bridgehead atoms. The summed E-state index contributed by atoms with van der Waals surface area (Å²) in [4.78, 5) is 25.8. The number of hydrogen-bond donors (Lipinski definition) is 0. The zero-order valence-electron chi connectivity index (χ0n) is 13.9. The summed E-state index contributed by atoms with van der Waals surface area (Å²) >= 11 is 0. The lowest BCUT2D eigenvalue weighted by Crippen LogP contribution is -2.42. The van der Waals surface area contributed by atoms with Gasteiger partial charge in [-0.2, -0.15) is 0 Å². The van der Waals surface area contributed by atoms with E-state index in [2.05, 4.69) is 0 Å². The van der Waals surface area contributed by atoms with Crippen molar-refractivity contribution in [1.29, 1.82) is 0 Å². The molecule has 0 unspecified atom stereocenters. The van der Waals surface area contributed by atoms with E-state index in [1.807, 2.05) is 30.3 Å². The minimum Gasteiger partial charge on any atom is -0.497 e. The van der Waals surface area contributed by atoms with Crippen LogP contribution in [0.1, 0.15) is 12.0 Å². The van der Waals surface area contributed by atoms with Gasteiger partial charge < -0.3 is 9.47 Å². The summed E-state index contributed by atoms with van der Waals surface area (Å²) in [7, 11) is 1.61. The Kier molecular flexibility index (Phi) is 5.14. The fraction of sp³-hybridized carbons (Fsp3) is 0.200. The van der Waals surface area contributed by atoms with Crippen LogP contribution >= 0.6 is 0 Å². The second kappa shape index (κ2) is 7.66. The van der Waals surface area contributed by atoms with Gasteiger partial charge in [-0.05, 0) is 42.3 Å². The number of allylic oxidation sites excluding steroid dienone is 1. The van der Waals surface area contributed by atoms with Crippen LogP contribution in [0.3, 0.4) is 0 Å². The Balaban J connectivity index is 1.74. The van der Waals surface area contributed by atoms with Crippen LogP contribution in [-0.2, 0) is 11.2 Å². The SMILES string of the molecule is COc1ccc(C[C@H]2CC(=O)C=CN2C(=O)Oc2ccccc2)cc1. The Hall–Kier alpha value is -3.08. The molecule has 3 rings (SSSR count). The molecule has 128 valence electrons. The number of rotatable bonds is 4. The van der Waals surface area contributed by atoms with Crippen molar-refractivity contribution >= 4 is 11.9 Å². The maximum Gasteiger partial charge on any atom is 0.419 e. The lowest BCUT2D eigenvalue weighted by molar-refractivity contribution is -0.116. The Morgan fingerprint density at radius 3 is 2.48 bits per heavy atom. The molecule has 2 aromatic carbocycles. The quantitative estimate of drug-likeness (QED) is 0.855. The van der Waals surface area contributed by atoms with Crippen molar-refractivity contribution in [2.75, 3.05) is 7.11 Å². The monoisotopic (exact) mass is 337 g/mol. The predicted molar refractivity (Wildman–Crippen MR) is 93.6 cm³/mol. The molecule has 0 N–H and O–H groups in total. The minimum absolute atomic E-state index is 0.00210. The van der Waals surface area contributed by atoms with Gasteiger partial charge in [-0.3, -0.25) is 9.69 Å². The van der Waals surface area contributed by atoms with Gasteiger partial charge in [0.2, 0.25) is 0 Å². The Labute approximate surface area is 146 Å². The van der Waals surface area contributed by atoms with Crippen LogP contribution in [0.15, 0.2) is 66.9 Å². The molecule has 5 nitrogen and oxygen atoms in total. The van der Waals surface area contributed by atoms with Crippen molar-refractivity contribution in [2.45, 2.75) is 18.9 Å². The molecule has 5 heteroatoms. The summed E-state index contributed by atoms with van der Waals surface area (Å²) < 4.78 is 10.6. The van der Waals surface area contributed by atoms with Crippen LogP contribution < -0.4 is 9.47 Å². The molecule has 1 amide bonds. The third-order valence-electron chi connectivity index (χ3n) is 4.04. The highest BCUT2D eigenvalue weighted by atomic mass is 16.6. The van der Waals surface area contributed by atoms with E-state index in [1.165, 1.54) is 17.2 Å². The number of carbonyl (C=O) groups is 2. The van der Waals surface area contributed by atoms with Gasteiger partial charge in [-0.15, -0.1) is 0 Å². The molecule has 1 aliphatic rings. The van der Waals surface area contributed by atoms with Crippen LogP contribution in [0.2, 0.25) is 0 Å². The largest absolute Gasteiger partial charge is 0.497 e. The highest BCUT2D eigenvalue weighted by Crippen LogP contribution is 2.21. The number of ether oxygens (including phenoxy) is 2. The van der Waals surface area contributed by atoms with Crippen molar-refractivity contribution < 1.29 is 19.1 Å². The van der Waals surface area contributed by atoms with E-state index in [0.29, 0.717) is 12.2 Å². The predicted octanol–water partition coefficient (Wildman–Crippen LogP) is 3.59. The van der Waals surface area contributed by atoms with Crippen molar-refractivity contribution in [1.82, 2.24) is 4.90 Å². The number of carbonyl (C=O) groups excluding carboxylic acids is 2. The average molecular weight is 337 g/mol. The maximum atomic E-state index is 12.5. The summed E-state index contributed by atoms with van der Waals surface area (Å²) in [5.74, 6) is 1.24. The van der Waals surface area contributed by atoms with Crippen molar-refractivity contribution in [3.63, 3.8) is 0 Å². The lowest BCUT2D eigenvalue weighted by atomic mass is 9.98. The summed E-state index contributed by atoms with van der Waals surface area (Å²) in [5, 5.41) is 0. The van der Waals surface area contributed by atoms with E-state index >= 15 is 0 Å². The molecule has 1 atom stereocenters. The molecule has 2 aromatic rings. The number of benzene rings is 2. The third kappa shape index (κ3) is 4.26. The third-order valence-corrected chi connectivity index (χ3v) is 4.04.